The SMILES string of the molecule is FC(F)(F)Oc1ccccc1CNc1cc2c3c(c1)[C@@H]1CNCC[C@@H]1N3CCSC2. The fourth-order valence-electron chi connectivity index (χ4n) is 4.96. The van der Waals surface area contributed by atoms with E-state index in [0.29, 0.717) is 17.5 Å². The first kappa shape index (κ1) is 19.9. The zero-order chi connectivity index (χ0) is 20.7. The number of benzene rings is 2. The molecule has 0 spiro atoms. The van der Waals surface area contributed by atoms with E-state index in [-0.39, 0.29) is 12.3 Å². The standard InChI is InChI=1S/C22H24F3N3OS/c23-22(24,25)29-20-4-2-1-3-14(20)11-27-16-9-15-13-30-8-7-28-19-5-6-26-12-18(19)17(10-16)21(15)28/h1-4,9-10,18-19,26-27H,5-8,11-13H2/t18-,19-/m0/s1. The number of fused-ring (bicyclic) bond motifs is 3. The first-order valence-electron chi connectivity index (χ1n) is 10.3. The molecule has 0 aromatic heterocycles. The first-order valence-corrected chi connectivity index (χ1v) is 11.4. The van der Waals surface area contributed by atoms with Crippen molar-refractivity contribution < 1.29 is 17.9 Å². The predicted molar refractivity (Wildman–Crippen MR) is 114 cm³/mol. The molecule has 2 atom stereocenters. The number of thioether (sulfide) groups is 1. The van der Waals surface area contributed by atoms with Crippen molar-refractivity contribution in [3.05, 3.63) is 53.1 Å². The molecule has 1 fully saturated rings. The summed E-state index contributed by atoms with van der Waals surface area (Å²) in [5.74, 6) is 2.40. The van der Waals surface area contributed by atoms with Gasteiger partial charge in [-0.25, -0.2) is 0 Å². The molecule has 3 aliphatic heterocycles. The van der Waals surface area contributed by atoms with Gasteiger partial charge in [-0.1, -0.05) is 18.2 Å². The van der Waals surface area contributed by atoms with Gasteiger partial charge in [0, 0.05) is 60.0 Å². The number of piperidine rings is 1. The minimum absolute atomic E-state index is 0.157. The molecule has 3 heterocycles. The quantitative estimate of drug-likeness (QED) is 0.728. The molecular weight excluding hydrogens is 411 g/mol. The molecule has 2 aromatic carbocycles. The van der Waals surface area contributed by atoms with E-state index >= 15 is 0 Å². The van der Waals surface area contributed by atoms with Crippen LogP contribution < -0.4 is 20.3 Å². The summed E-state index contributed by atoms with van der Waals surface area (Å²) >= 11 is 1.95. The van der Waals surface area contributed by atoms with Crippen LogP contribution in [-0.4, -0.2) is 37.8 Å². The van der Waals surface area contributed by atoms with Gasteiger partial charge in [0.15, 0.2) is 0 Å². The summed E-state index contributed by atoms with van der Waals surface area (Å²) in [6.07, 6.45) is -3.55. The zero-order valence-electron chi connectivity index (χ0n) is 16.5. The van der Waals surface area contributed by atoms with E-state index in [4.69, 9.17) is 0 Å². The number of alkyl halides is 3. The van der Waals surface area contributed by atoms with E-state index in [1.807, 2.05) is 11.8 Å². The molecule has 3 aliphatic rings. The number of rotatable bonds is 4. The maximum atomic E-state index is 12.7. The van der Waals surface area contributed by atoms with Crippen molar-refractivity contribution in [2.24, 2.45) is 0 Å². The minimum atomic E-state index is -4.70. The second kappa shape index (κ2) is 7.89. The monoisotopic (exact) mass is 435 g/mol. The molecule has 0 aliphatic carbocycles. The molecule has 4 nitrogen and oxygen atoms in total. The number of nitrogens with one attached hydrogen (secondary N) is 2. The van der Waals surface area contributed by atoms with Crippen molar-refractivity contribution >= 4 is 23.1 Å². The van der Waals surface area contributed by atoms with Crippen molar-refractivity contribution in [1.29, 1.82) is 0 Å². The molecule has 160 valence electrons. The van der Waals surface area contributed by atoms with Crippen molar-refractivity contribution in [3.8, 4) is 5.75 Å². The van der Waals surface area contributed by atoms with Gasteiger partial charge in [0.05, 0.1) is 0 Å². The molecule has 0 unspecified atom stereocenters. The van der Waals surface area contributed by atoms with E-state index in [1.54, 1.807) is 18.2 Å². The van der Waals surface area contributed by atoms with Crippen LogP contribution in [0.4, 0.5) is 24.5 Å². The van der Waals surface area contributed by atoms with Crippen LogP contribution in [0, 0.1) is 0 Å². The highest BCUT2D eigenvalue weighted by Crippen LogP contribution is 2.48. The van der Waals surface area contributed by atoms with Gasteiger partial charge < -0.3 is 20.3 Å². The molecule has 0 bridgehead atoms. The highest BCUT2D eigenvalue weighted by molar-refractivity contribution is 7.98. The molecule has 1 saturated heterocycles. The van der Waals surface area contributed by atoms with Crippen molar-refractivity contribution in [3.63, 3.8) is 0 Å². The van der Waals surface area contributed by atoms with Crippen LogP contribution in [0.3, 0.4) is 0 Å². The topological polar surface area (TPSA) is 36.5 Å². The Morgan fingerprint density at radius 3 is 2.97 bits per heavy atom. The number of para-hydroxylation sites is 1. The molecule has 30 heavy (non-hydrogen) atoms. The van der Waals surface area contributed by atoms with E-state index in [0.717, 1.165) is 43.2 Å². The Bertz CT molecular complexity index is 936. The van der Waals surface area contributed by atoms with Crippen LogP contribution in [0.25, 0.3) is 0 Å². The third kappa shape index (κ3) is 3.83. The number of hydrogen-bond donors (Lipinski definition) is 2. The largest absolute Gasteiger partial charge is 0.573 e. The number of ether oxygens (including phenoxy) is 1. The lowest BCUT2D eigenvalue weighted by Gasteiger charge is -2.33. The third-order valence-corrected chi connectivity index (χ3v) is 7.15. The Labute approximate surface area is 178 Å². The lowest BCUT2D eigenvalue weighted by molar-refractivity contribution is -0.274. The summed E-state index contributed by atoms with van der Waals surface area (Å²) in [6.45, 7) is 3.39. The predicted octanol–water partition coefficient (Wildman–Crippen LogP) is 4.71. The van der Waals surface area contributed by atoms with E-state index in [9.17, 15) is 13.2 Å². The Hall–Kier alpha value is -2.06. The van der Waals surface area contributed by atoms with Gasteiger partial charge in [-0.2, -0.15) is 11.8 Å². The van der Waals surface area contributed by atoms with Gasteiger partial charge in [-0.3, -0.25) is 0 Å². The van der Waals surface area contributed by atoms with E-state index in [1.165, 1.54) is 22.9 Å². The lowest BCUT2D eigenvalue weighted by Crippen LogP contribution is -2.44. The average molecular weight is 436 g/mol. The van der Waals surface area contributed by atoms with Crippen molar-refractivity contribution in [1.82, 2.24) is 5.32 Å². The normalized spacial score (nSPS) is 22.8. The maximum absolute atomic E-state index is 12.7. The molecule has 2 aromatic rings. The van der Waals surface area contributed by atoms with Gasteiger partial charge >= 0.3 is 6.36 Å². The second-order valence-corrected chi connectivity index (χ2v) is 9.10. The highest BCUT2D eigenvalue weighted by atomic mass is 32.2. The van der Waals surface area contributed by atoms with E-state index < -0.39 is 6.36 Å². The Kier molecular flexibility index (Phi) is 5.23. The van der Waals surface area contributed by atoms with Crippen LogP contribution in [0.15, 0.2) is 36.4 Å². The van der Waals surface area contributed by atoms with Crippen LogP contribution in [-0.2, 0) is 12.3 Å². The van der Waals surface area contributed by atoms with Crippen LogP contribution in [0.1, 0.15) is 29.0 Å². The maximum Gasteiger partial charge on any atom is 0.573 e. The summed E-state index contributed by atoms with van der Waals surface area (Å²) in [4.78, 5) is 2.60. The van der Waals surface area contributed by atoms with Gasteiger partial charge in [0.2, 0.25) is 0 Å². The Morgan fingerprint density at radius 2 is 2.10 bits per heavy atom. The Morgan fingerprint density at radius 1 is 1.23 bits per heavy atom. The van der Waals surface area contributed by atoms with Crippen LogP contribution >= 0.6 is 11.8 Å². The minimum Gasteiger partial charge on any atom is -0.405 e. The average Bonchev–Trinajstić information content (AvgIpc) is 2.88. The second-order valence-electron chi connectivity index (χ2n) is 7.99. The summed E-state index contributed by atoms with van der Waals surface area (Å²) in [5.41, 5.74) is 5.53. The number of halogens is 3. The molecule has 0 amide bonds. The highest BCUT2D eigenvalue weighted by Gasteiger charge is 2.41. The Balaban J connectivity index is 1.42. The fraction of sp³-hybridized carbons (Fsp3) is 0.455. The molecule has 5 rings (SSSR count). The zero-order valence-corrected chi connectivity index (χ0v) is 17.3. The van der Waals surface area contributed by atoms with E-state index in [2.05, 4.69) is 32.4 Å². The number of nitrogens with zero attached hydrogens (tertiary/aromatic N) is 1. The number of hydrogen-bond acceptors (Lipinski definition) is 5. The molecular formula is C22H24F3N3OS. The van der Waals surface area contributed by atoms with Crippen molar-refractivity contribution in [2.45, 2.75) is 37.0 Å². The van der Waals surface area contributed by atoms with Gasteiger partial charge in [0.1, 0.15) is 5.75 Å². The van der Waals surface area contributed by atoms with Crippen LogP contribution in [0.2, 0.25) is 0 Å². The summed E-state index contributed by atoms with van der Waals surface area (Å²) in [5, 5.41) is 6.88. The summed E-state index contributed by atoms with van der Waals surface area (Å²) in [6, 6.07) is 11.2. The molecule has 0 radical (unpaired) electrons. The smallest absolute Gasteiger partial charge is 0.405 e. The molecule has 2 N–H and O–H groups in total. The van der Waals surface area contributed by atoms with Crippen LogP contribution in [0.5, 0.6) is 5.75 Å². The first-order chi connectivity index (χ1) is 14.5. The van der Waals surface area contributed by atoms with Gasteiger partial charge in [-0.15, -0.1) is 13.2 Å². The van der Waals surface area contributed by atoms with Gasteiger partial charge in [-0.05, 0) is 42.3 Å². The van der Waals surface area contributed by atoms with Crippen molar-refractivity contribution in [2.75, 3.05) is 35.6 Å². The summed E-state index contributed by atoms with van der Waals surface area (Å²) in [7, 11) is 0. The fourth-order valence-corrected chi connectivity index (χ4v) is 5.87. The summed E-state index contributed by atoms with van der Waals surface area (Å²) < 4.78 is 42.3. The van der Waals surface area contributed by atoms with Gasteiger partial charge in [0.25, 0.3) is 0 Å². The third-order valence-electron chi connectivity index (χ3n) is 6.17. The molecule has 8 heteroatoms. The molecule has 0 saturated carbocycles. The lowest BCUT2D eigenvalue weighted by atomic mass is 9.89. The number of anilines is 2.